The van der Waals surface area contributed by atoms with Crippen LogP contribution in [0, 0.1) is 24.2 Å². The monoisotopic (exact) mass is 335 g/mol. The summed E-state index contributed by atoms with van der Waals surface area (Å²) in [7, 11) is 2.15. The van der Waals surface area contributed by atoms with Crippen LogP contribution in [0.3, 0.4) is 0 Å². The van der Waals surface area contributed by atoms with E-state index in [1.54, 1.807) is 0 Å². The van der Waals surface area contributed by atoms with Crippen LogP contribution in [0.25, 0.3) is 0 Å². The van der Waals surface area contributed by atoms with Crippen molar-refractivity contribution in [2.75, 3.05) is 31.6 Å². The van der Waals surface area contributed by atoms with Gasteiger partial charge in [0.1, 0.15) is 0 Å². The van der Waals surface area contributed by atoms with Crippen molar-refractivity contribution in [1.82, 2.24) is 4.90 Å². The summed E-state index contributed by atoms with van der Waals surface area (Å²) in [5.74, 6) is 0.603. The Labute approximate surface area is 130 Å². The molecule has 2 unspecified atom stereocenters. The summed E-state index contributed by atoms with van der Waals surface area (Å²) in [6.07, 6.45) is 0.576. The highest BCUT2D eigenvalue weighted by Gasteiger charge is 2.27. The van der Waals surface area contributed by atoms with Crippen LogP contribution >= 0.6 is 15.9 Å². The molecule has 20 heavy (non-hydrogen) atoms. The van der Waals surface area contributed by atoms with E-state index in [9.17, 15) is 0 Å². The van der Waals surface area contributed by atoms with Gasteiger partial charge < -0.3 is 9.80 Å². The fourth-order valence-electron chi connectivity index (χ4n) is 3.12. The van der Waals surface area contributed by atoms with Gasteiger partial charge in [-0.3, -0.25) is 0 Å². The number of likely N-dealkylation sites (N-methyl/N-ethyl adjacent to an activating group) is 1. The summed E-state index contributed by atoms with van der Waals surface area (Å²) < 4.78 is 1.11. The second kappa shape index (κ2) is 6.60. The Hall–Kier alpha value is -1.05. The van der Waals surface area contributed by atoms with E-state index in [1.165, 1.54) is 11.3 Å². The molecule has 0 aliphatic carbocycles. The van der Waals surface area contributed by atoms with Crippen LogP contribution in [0.4, 0.5) is 5.69 Å². The molecule has 0 N–H and O–H groups in total. The van der Waals surface area contributed by atoms with Crippen LogP contribution in [-0.2, 0) is 0 Å². The number of halogens is 1. The van der Waals surface area contributed by atoms with Crippen LogP contribution in [0.5, 0.6) is 0 Å². The minimum absolute atomic E-state index is 0.273. The van der Waals surface area contributed by atoms with E-state index in [4.69, 9.17) is 5.26 Å². The second-order valence-corrected chi connectivity index (χ2v) is 6.84. The lowest BCUT2D eigenvalue weighted by molar-refractivity contribution is 0.304. The highest BCUT2D eigenvalue weighted by Crippen LogP contribution is 2.28. The predicted molar refractivity (Wildman–Crippen MR) is 86.9 cm³/mol. The van der Waals surface area contributed by atoms with Gasteiger partial charge in [0.15, 0.2) is 0 Å². The zero-order valence-electron chi connectivity index (χ0n) is 12.4. The van der Waals surface area contributed by atoms with Crippen molar-refractivity contribution in [2.45, 2.75) is 26.3 Å². The fourth-order valence-corrected chi connectivity index (χ4v) is 3.60. The molecule has 108 valence electrons. The summed E-state index contributed by atoms with van der Waals surface area (Å²) in [5.41, 5.74) is 2.52. The molecule has 1 saturated heterocycles. The summed E-state index contributed by atoms with van der Waals surface area (Å²) >= 11 is 3.52. The number of aryl methyl sites for hydroxylation is 1. The molecule has 1 aliphatic heterocycles. The van der Waals surface area contributed by atoms with Crippen LogP contribution in [0.1, 0.15) is 18.9 Å². The first kappa shape index (κ1) is 15.3. The molecule has 1 fully saturated rings. The van der Waals surface area contributed by atoms with E-state index in [0.29, 0.717) is 12.3 Å². The molecule has 3 nitrogen and oxygen atoms in total. The lowest BCUT2D eigenvalue weighted by Crippen LogP contribution is -2.40. The van der Waals surface area contributed by atoms with E-state index >= 15 is 0 Å². The molecule has 1 aromatic carbocycles. The Morgan fingerprint density at radius 1 is 1.35 bits per heavy atom. The van der Waals surface area contributed by atoms with Gasteiger partial charge in [0.25, 0.3) is 0 Å². The fraction of sp³-hybridized carbons (Fsp3) is 0.562. The standard InChI is InChI=1S/C16H22BrN3/c1-12-9-19(3)11-15(6-7-18)20(10-12)16-5-4-14(17)8-13(16)2/h4-5,8,12,15H,6,9-11H2,1-3H3. The van der Waals surface area contributed by atoms with Crippen LogP contribution in [-0.4, -0.2) is 37.6 Å². The zero-order chi connectivity index (χ0) is 14.7. The summed E-state index contributed by atoms with van der Waals surface area (Å²) in [4.78, 5) is 4.78. The lowest BCUT2D eigenvalue weighted by atomic mass is 10.1. The topological polar surface area (TPSA) is 30.3 Å². The summed E-state index contributed by atoms with van der Waals surface area (Å²) in [5, 5.41) is 9.14. The van der Waals surface area contributed by atoms with Crippen molar-refractivity contribution >= 4 is 21.6 Å². The third-order valence-corrected chi connectivity index (χ3v) is 4.38. The number of hydrogen-bond acceptors (Lipinski definition) is 3. The molecular formula is C16H22BrN3. The molecule has 0 saturated carbocycles. The van der Waals surface area contributed by atoms with Crippen molar-refractivity contribution in [1.29, 1.82) is 5.26 Å². The molecule has 1 heterocycles. The summed E-state index contributed by atoms with van der Waals surface area (Å²) in [6.45, 7) is 7.48. The molecule has 2 rings (SSSR count). The predicted octanol–water partition coefficient (Wildman–Crippen LogP) is 3.43. The van der Waals surface area contributed by atoms with Crippen LogP contribution in [0.2, 0.25) is 0 Å². The quantitative estimate of drug-likeness (QED) is 0.829. The molecule has 0 aromatic heterocycles. The number of hydrogen-bond donors (Lipinski definition) is 0. The molecular weight excluding hydrogens is 314 g/mol. The van der Waals surface area contributed by atoms with E-state index < -0.39 is 0 Å². The van der Waals surface area contributed by atoms with Crippen molar-refractivity contribution < 1.29 is 0 Å². The number of nitriles is 1. The maximum atomic E-state index is 9.14. The molecule has 0 spiro atoms. The first-order valence-electron chi connectivity index (χ1n) is 7.09. The van der Waals surface area contributed by atoms with Gasteiger partial charge in [0.2, 0.25) is 0 Å². The Kier molecular flexibility index (Phi) is 5.06. The first-order chi connectivity index (χ1) is 9.51. The third-order valence-electron chi connectivity index (χ3n) is 3.89. The zero-order valence-corrected chi connectivity index (χ0v) is 14.0. The van der Waals surface area contributed by atoms with Gasteiger partial charge in [-0.1, -0.05) is 22.9 Å². The summed E-state index contributed by atoms with van der Waals surface area (Å²) in [6, 6.07) is 9.03. The van der Waals surface area contributed by atoms with E-state index in [0.717, 1.165) is 24.1 Å². The van der Waals surface area contributed by atoms with Gasteiger partial charge >= 0.3 is 0 Å². The highest BCUT2D eigenvalue weighted by atomic mass is 79.9. The third kappa shape index (κ3) is 3.53. The Balaban J connectivity index is 2.35. The minimum Gasteiger partial charge on any atom is -0.366 e. The number of benzene rings is 1. The number of nitrogens with zero attached hydrogens (tertiary/aromatic N) is 3. The Morgan fingerprint density at radius 3 is 2.75 bits per heavy atom. The smallest absolute Gasteiger partial charge is 0.0643 e. The first-order valence-corrected chi connectivity index (χ1v) is 7.89. The molecule has 1 aromatic rings. The Bertz CT molecular complexity index is 509. The van der Waals surface area contributed by atoms with E-state index in [-0.39, 0.29) is 6.04 Å². The molecule has 0 bridgehead atoms. The largest absolute Gasteiger partial charge is 0.366 e. The van der Waals surface area contributed by atoms with Gasteiger partial charge in [0, 0.05) is 29.8 Å². The average Bonchev–Trinajstić information content (AvgIpc) is 2.48. The molecule has 2 atom stereocenters. The lowest BCUT2D eigenvalue weighted by Gasteiger charge is -2.33. The molecule has 1 aliphatic rings. The average molecular weight is 336 g/mol. The van der Waals surface area contributed by atoms with Gasteiger partial charge in [-0.25, -0.2) is 0 Å². The normalized spacial score (nSPS) is 24.2. The highest BCUT2D eigenvalue weighted by molar-refractivity contribution is 9.10. The van der Waals surface area contributed by atoms with Crippen molar-refractivity contribution in [2.24, 2.45) is 5.92 Å². The molecule has 4 heteroatoms. The maximum Gasteiger partial charge on any atom is 0.0643 e. The van der Waals surface area contributed by atoms with Crippen molar-refractivity contribution in [3.05, 3.63) is 28.2 Å². The maximum absolute atomic E-state index is 9.14. The van der Waals surface area contributed by atoms with Gasteiger partial charge in [0.05, 0.1) is 18.5 Å². The number of rotatable bonds is 2. The van der Waals surface area contributed by atoms with Crippen LogP contribution in [0.15, 0.2) is 22.7 Å². The minimum atomic E-state index is 0.273. The van der Waals surface area contributed by atoms with Gasteiger partial charge in [-0.15, -0.1) is 0 Å². The van der Waals surface area contributed by atoms with Crippen molar-refractivity contribution in [3.8, 4) is 6.07 Å². The van der Waals surface area contributed by atoms with Gasteiger partial charge in [-0.05, 0) is 43.7 Å². The second-order valence-electron chi connectivity index (χ2n) is 5.93. The molecule has 0 radical (unpaired) electrons. The Morgan fingerprint density at radius 2 is 2.10 bits per heavy atom. The molecule has 0 amide bonds. The van der Waals surface area contributed by atoms with Gasteiger partial charge in [-0.2, -0.15) is 5.26 Å². The number of anilines is 1. The van der Waals surface area contributed by atoms with E-state index in [1.807, 2.05) is 0 Å². The SMILES string of the molecule is Cc1cc(Br)ccc1N1CC(C)CN(C)CC1CC#N. The van der Waals surface area contributed by atoms with E-state index in [2.05, 4.69) is 70.9 Å². The van der Waals surface area contributed by atoms with Crippen LogP contribution < -0.4 is 4.90 Å². The van der Waals surface area contributed by atoms with Crippen molar-refractivity contribution in [3.63, 3.8) is 0 Å².